The monoisotopic (exact) mass is 507 g/mol. The molecule has 2 aromatic carbocycles. The van der Waals surface area contributed by atoms with Crippen molar-refractivity contribution >= 4 is 22.4 Å². The summed E-state index contributed by atoms with van der Waals surface area (Å²) in [4.78, 5) is 30.0. The Bertz CT molecular complexity index is 1500. The second-order valence-corrected chi connectivity index (χ2v) is 9.26. The van der Waals surface area contributed by atoms with E-state index in [0.29, 0.717) is 29.2 Å². The molecule has 0 aliphatic rings. The van der Waals surface area contributed by atoms with E-state index in [9.17, 15) is 9.59 Å². The lowest BCUT2D eigenvalue weighted by atomic mass is 10.1. The minimum atomic E-state index is -0.440. The van der Waals surface area contributed by atoms with Gasteiger partial charge in [0, 0.05) is 6.42 Å². The van der Waals surface area contributed by atoms with Crippen molar-refractivity contribution in [2.24, 2.45) is 0 Å². The van der Waals surface area contributed by atoms with Gasteiger partial charge in [-0.05, 0) is 54.3 Å². The molecule has 9 heteroatoms. The quantitative estimate of drug-likeness (QED) is 0.286. The van der Waals surface area contributed by atoms with Gasteiger partial charge in [0.05, 0.1) is 24.9 Å². The average Bonchev–Trinajstić information content (AvgIpc) is 3.18. The molecule has 0 atom stereocenters. The molecular weight excluding hydrogens is 478 g/mol. The fourth-order valence-electron chi connectivity index (χ4n) is 3.54. The van der Waals surface area contributed by atoms with E-state index in [0.717, 1.165) is 47.5 Å². The van der Waals surface area contributed by atoms with Crippen LogP contribution in [0.25, 0.3) is 11.0 Å². The Morgan fingerprint density at radius 1 is 0.972 bits per heavy atom. The molecule has 0 radical (unpaired) electrons. The highest BCUT2D eigenvalue weighted by molar-refractivity contribution is 7.15. The second kappa shape index (κ2) is 11.8. The van der Waals surface area contributed by atoms with Gasteiger partial charge in [0.2, 0.25) is 4.96 Å². The van der Waals surface area contributed by atoms with E-state index in [1.54, 1.807) is 13.2 Å². The van der Waals surface area contributed by atoms with Gasteiger partial charge in [-0.15, -0.1) is 0 Å². The van der Waals surface area contributed by atoms with E-state index in [1.165, 1.54) is 4.52 Å². The molecule has 0 saturated carbocycles. The minimum absolute atomic E-state index is 0.214. The number of fused-ring (bicyclic) bond motifs is 1. The molecule has 4 aromatic rings. The maximum absolute atomic E-state index is 13.1. The van der Waals surface area contributed by atoms with E-state index < -0.39 is 5.56 Å². The third-order valence-electron chi connectivity index (χ3n) is 5.46. The van der Waals surface area contributed by atoms with Crippen LogP contribution in [0.1, 0.15) is 49.9 Å². The zero-order valence-electron chi connectivity index (χ0n) is 20.7. The maximum Gasteiger partial charge on any atom is 0.296 e. The maximum atomic E-state index is 13.1. The normalized spacial score (nSPS) is 11.7. The number of aromatic nitrogens is 3. The highest BCUT2D eigenvalue weighted by Gasteiger charge is 2.12. The van der Waals surface area contributed by atoms with Crippen LogP contribution < -0.4 is 29.9 Å². The van der Waals surface area contributed by atoms with Gasteiger partial charge in [-0.3, -0.25) is 9.59 Å². The molecule has 0 aliphatic heterocycles. The number of rotatable bonds is 11. The number of unbranched alkanes of at least 4 members (excludes halogenated alkanes) is 1. The lowest BCUT2D eigenvalue weighted by Crippen LogP contribution is -2.28. The highest BCUT2D eigenvalue weighted by atomic mass is 32.1. The molecule has 8 nitrogen and oxygen atoms in total. The van der Waals surface area contributed by atoms with Gasteiger partial charge in [-0.25, -0.2) is 0 Å². The predicted molar refractivity (Wildman–Crippen MR) is 141 cm³/mol. The average molecular weight is 508 g/mol. The van der Waals surface area contributed by atoms with Crippen LogP contribution in [0.3, 0.4) is 0 Å². The molecule has 0 N–H and O–H groups in total. The number of hydrogen-bond acceptors (Lipinski definition) is 8. The number of methoxy groups -OCH3 is 1. The van der Waals surface area contributed by atoms with Gasteiger partial charge in [-0.1, -0.05) is 49.8 Å². The van der Waals surface area contributed by atoms with Crippen LogP contribution in [-0.4, -0.2) is 34.9 Å². The summed E-state index contributed by atoms with van der Waals surface area (Å²) in [6.45, 7) is 5.41. The standard InChI is InChI=1S/C27H29N3O5S/c1-4-6-14-35-22-12-9-19(16-23(22)33-3)17-24-26(32)30-27(36-24)28-25(31)21(29-30)15-18-7-10-20(11-8-18)34-13-5-2/h7-12,16-17H,4-6,13-15H2,1-3H3/b24-17-. The third kappa shape index (κ3) is 5.91. The zero-order chi connectivity index (χ0) is 25.5. The summed E-state index contributed by atoms with van der Waals surface area (Å²) >= 11 is 1.12. The molecule has 0 spiro atoms. The smallest absolute Gasteiger partial charge is 0.296 e. The lowest BCUT2D eigenvalue weighted by Gasteiger charge is -2.10. The molecule has 4 rings (SSSR count). The van der Waals surface area contributed by atoms with Gasteiger partial charge in [0.15, 0.2) is 11.5 Å². The van der Waals surface area contributed by atoms with Crippen LogP contribution >= 0.6 is 11.3 Å². The van der Waals surface area contributed by atoms with Gasteiger partial charge in [-0.2, -0.15) is 14.6 Å². The van der Waals surface area contributed by atoms with E-state index in [1.807, 2.05) is 49.4 Å². The number of benzene rings is 2. The van der Waals surface area contributed by atoms with E-state index in [4.69, 9.17) is 14.2 Å². The molecule has 188 valence electrons. The summed E-state index contributed by atoms with van der Waals surface area (Å²) < 4.78 is 18.5. The van der Waals surface area contributed by atoms with Crippen molar-refractivity contribution < 1.29 is 14.2 Å². The third-order valence-corrected chi connectivity index (χ3v) is 6.42. The molecule has 2 aromatic heterocycles. The van der Waals surface area contributed by atoms with E-state index in [2.05, 4.69) is 17.0 Å². The van der Waals surface area contributed by atoms with Crippen LogP contribution in [0.2, 0.25) is 0 Å². The number of nitrogens with zero attached hydrogens (tertiary/aromatic N) is 3. The fourth-order valence-corrected chi connectivity index (χ4v) is 4.44. The summed E-state index contributed by atoms with van der Waals surface area (Å²) in [5, 5.41) is 4.34. The molecule has 0 amide bonds. The molecule has 0 unspecified atom stereocenters. The van der Waals surface area contributed by atoms with Gasteiger partial charge in [0.1, 0.15) is 11.4 Å². The molecule has 0 aliphatic carbocycles. The van der Waals surface area contributed by atoms with Gasteiger partial charge in [0.25, 0.3) is 11.1 Å². The molecule has 0 saturated heterocycles. The van der Waals surface area contributed by atoms with Crippen LogP contribution in [0, 0.1) is 0 Å². The van der Waals surface area contributed by atoms with Crippen molar-refractivity contribution in [3.05, 3.63) is 84.5 Å². The Morgan fingerprint density at radius 2 is 1.78 bits per heavy atom. The first-order valence-electron chi connectivity index (χ1n) is 12.0. The van der Waals surface area contributed by atoms with Crippen LogP contribution in [0.5, 0.6) is 17.2 Å². The van der Waals surface area contributed by atoms with Gasteiger partial charge >= 0.3 is 0 Å². The fraction of sp³-hybridized carbons (Fsp3) is 0.333. The van der Waals surface area contributed by atoms with Crippen molar-refractivity contribution in [3.8, 4) is 17.2 Å². The number of hydrogen-bond donors (Lipinski definition) is 0. The number of ether oxygens (including phenoxy) is 3. The first kappa shape index (κ1) is 25.4. The Kier molecular flexibility index (Phi) is 8.32. The Hall–Kier alpha value is -3.72. The molecule has 0 fully saturated rings. The van der Waals surface area contributed by atoms with Crippen molar-refractivity contribution in [3.63, 3.8) is 0 Å². The van der Waals surface area contributed by atoms with Crippen LogP contribution in [0.4, 0.5) is 0 Å². The SMILES string of the molecule is CCCCOc1ccc(/C=c2\sc3nc(=O)c(Cc4ccc(OCCC)cc4)nn3c2=O)cc1OC. The predicted octanol–water partition coefficient (Wildman–Crippen LogP) is 3.63. The second-order valence-electron chi connectivity index (χ2n) is 8.26. The van der Waals surface area contributed by atoms with Crippen molar-refractivity contribution in [1.29, 1.82) is 0 Å². The van der Waals surface area contributed by atoms with Crippen LogP contribution in [0.15, 0.2) is 52.1 Å². The Morgan fingerprint density at radius 3 is 2.50 bits per heavy atom. The minimum Gasteiger partial charge on any atom is -0.494 e. The van der Waals surface area contributed by atoms with Gasteiger partial charge < -0.3 is 14.2 Å². The summed E-state index contributed by atoms with van der Waals surface area (Å²) in [5.74, 6) is 2.02. The van der Waals surface area contributed by atoms with Crippen molar-refractivity contribution in [1.82, 2.24) is 14.6 Å². The lowest BCUT2D eigenvalue weighted by molar-refractivity contribution is 0.288. The zero-order valence-corrected chi connectivity index (χ0v) is 21.5. The Labute approximate surface area is 212 Å². The highest BCUT2D eigenvalue weighted by Crippen LogP contribution is 2.28. The van der Waals surface area contributed by atoms with E-state index in [-0.39, 0.29) is 22.6 Å². The summed E-state index contributed by atoms with van der Waals surface area (Å²) in [6.07, 6.45) is 4.93. The molecule has 36 heavy (non-hydrogen) atoms. The van der Waals surface area contributed by atoms with Crippen molar-refractivity contribution in [2.75, 3.05) is 20.3 Å². The van der Waals surface area contributed by atoms with Crippen LogP contribution in [-0.2, 0) is 6.42 Å². The summed E-state index contributed by atoms with van der Waals surface area (Å²) in [5.41, 5.74) is 1.10. The largest absolute Gasteiger partial charge is 0.494 e. The topological polar surface area (TPSA) is 92.0 Å². The summed E-state index contributed by atoms with van der Waals surface area (Å²) in [7, 11) is 1.58. The number of thiazole rings is 1. The van der Waals surface area contributed by atoms with Crippen molar-refractivity contribution in [2.45, 2.75) is 39.5 Å². The first-order valence-corrected chi connectivity index (χ1v) is 12.8. The van der Waals surface area contributed by atoms with E-state index >= 15 is 0 Å². The first-order chi connectivity index (χ1) is 17.5. The molecule has 0 bridgehead atoms. The Balaban J connectivity index is 1.61. The molecular formula is C27H29N3O5S. The molecule has 2 heterocycles. The summed E-state index contributed by atoms with van der Waals surface area (Å²) in [6, 6.07) is 13.0.